The van der Waals surface area contributed by atoms with Crippen LogP contribution < -0.4 is 10.3 Å². The summed E-state index contributed by atoms with van der Waals surface area (Å²) in [5, 5.41) is 14.1. The second-order valence-electron chi connectivity index (χ2n) is 7.95. The summed E-state index contributed by atoms with van der Waals surface area (Å²) in [7, 11) is 0. The number of nitrogens with zero attached hydrogens (tertiary/aromatic N) is 2. The predicted octanol–water partition coefficient (Wildman–Crippen LogP) is 4.67. The molecule has 1 heterocycles. The van der Waals surface area contributed by atoms with E-state index in [0.717, 1.165) is 22.9 Å². The highest BCUT2D eigenvalue weighted by molar-refractivity contribution is 5.96. The summed E-state index contributed by atoms with van der Waals surface area (Å²) < 4.78 is 55.7. The summed E-state index contributed by atoms with van der Waals surface area (Å²) in [4.78, 5) is 25.8. The molecule has 0 fully saturated rings. The minimum atomic E-state index is -4.86. The third-order valence-electron chi connectivity index (χ3n) is 4.61. The average molecular weight is 464 g/mol. The molecule has 6 nitrogen and oxygen atoms in total. The third kappa shape index (κ3) is 6.48. The molecule has 3 aromatic rings. The number of benzene rings is 2. The zero-order valence-corrected chi connectivity index (χ0v) is 17.7. The molecule has 0 aliphatic carbocycles. The molecule has 0 unspecified atom stereocenters. The van der Waals surface area contributed by atoms with Crippen LogP contribution >= 0.6 is 0 Å². The molecule has 0 aliphatic heterocycles. The summed E-state index contributed by atoms with van der Waals surface area (Å²) in [5.74, 6) is -1.64. The van der Waals surface area contributed by atoms with Crippen LogP contribution in [0.4, 0.5) is 17.6 Å². The molecule has 0 saturated carbocycles. The Hall–Kier alpha value is -3.53. The molecule has 0 radical (unpaired) electrons. The molecule has 174 valence electrons. The first kappa shape index (κ1) is 24.1. The van der Waals surface area contributed by atoms with Crippen molar-refractivity contribution in [3.05, 3.63) is 76.3 Å². The molecular formula is C23H20F4N2O4. The van der Waals surface area contributed by atoms with E-state index >= 15 is 0 Å². The lowest BCUT2D eigenvalue weighted by Crippen LogP contribution is -2.29. The van der Waals surface area contributed by atoms with Crippen molar-refractivity contribution in [1.29, 1.82) is 0 Å². The van der Waals surface area contributed by atoms with E-state index in [1.54, 1.807) is 0 Å². The third-order valence-corrected chi connectivity index (χ3v) is 4.61. The minimum absolute atomic E-state index is 0.0652. The van der Waals surface area contributed by atoms with Gasteiger partial charge in [0, 0.05) is 12.0 Å². The number of ketones is 1. The van der Waals surface area contributed by atoms with Crippen molar-refractivity contribution in [1.82, 2.24) is 9.78 Å². The van der Waals surface area contributed by atoms with Crippen LogP contribution in [0.1, 0.15) is 37.0 Å². The van der Waals surface area contributed by atoms with E-state index in [-0.39, 0.29) is 29.8 Å². The Kier molecular flexibility index (Phi) is 6.68. The van der Waals surface area contributed by atoms with E-state index in [1.165, 1.54) is 50.2 Å². The van der Waals surface area contributed by atoms with E-state index in [4.69, 9.17) is 0 Å². The highest BCUT2D eigenvalue weighted by atomic mass is 19.4. The SMILES string of the molecule is CC(C)(O)CCC(=O)c1cc(-c2ccc(OC(F)(F)F)cc2)nn(-c2cccc(F)c2)c1=O. The van der Waals surface area contributed by atoms with Gasteiger partial charge in [-0.2, -0.15) is 9.78 Å². The summed E-state index contributed by atoms with van der Waals surface area (Å²) in [5.41, 5.74) is -1.71. The Morgan fingerprint density at radius 3 is 2.33 bits per heavy atom. The van der Waals surface area contributed by atoms with Crippen LogP contribution in [0.5, 0.6) is 5.75 Å². The predicted molar refractivity (Wildman–Crippen MR) is 112 cm³/mol. The molecule has 0 bridgehead atoms. The van der Waals surface area contributed by atoms with Gasteiger partial charge in [0.05, 0.1) is 22.5 Å². The van der Waals surface area contributed by atoms with Gasteiger partial charge in [0.15, 0.2) is 5.78 Å². The first-order chi connectivity index (χ1) is 15.3. The monoisotopic (exact) mass is 464 g/mol. The highest BCUT2D eigenvalue weighted by Gasteiger charge is 2.31. The number of alkyl halides is 3. The lowest BCUT2D eigenvalue weighted by molar-refractivity contribution is -0.274. The maximum atomic E-state index is 13.8. The van der Waals surface area contributed by atoms with Crippen LogP contribution in [0.15, 0.2) is 59.4 Å². The Balaban J connectivity index is 2.09. The second kappa shape index (κ2) is 9.14. The minimum Gasteiger partial charge on any atom is -0.406 e. The van der Waals surface area contributed by atoms with Gasteiger partial charge in [-0.15, -0.1) is 13.2 Å². The van der Waals surface area contributed by atoms with Gasteiger partial charge >= 0.3 is 6.36 Å². The zero-order chi connectivity index (χ0) is 24.4. The fourth-order valence-corrected chi connectivity index (χ4v) is 3.00. The fourth-order valence-electron chi connectivity index (χ4n) is 3.00. The van der Waals surface area contributed by atoms with E-state index in [9.17, 15) is 32.3 Å². The van der Waals surface area contributed by atoms with Crippen LogP contribution in [0.3, 0.4) is 0 Å². The number of carbonyl (C=O) groups is 1. The number of carbonyl (C=O) groups excluding carboxylic acids is 1. The van der Waals surface area contributed by atoms with E-state index < -0.39 is 34.9 Å². The molecule has 10 heteroatoms. The van der Waals surface area contributed by atoms with Gasteiger partial charge in [-0.1, -0.05) is 6.07 Å². The van der Waals surface area contributed by atoms with Gasteiger partial charge in [0.25, 0.3) is 5.56 Å². The molecule has 0 amide bonds. The first-order valence-electron chi connectivity index (χ1n) is 9.84. The number of ether oxygens (including phenoxy) is 1. The van der Waals surface area contributed by atoms with Crippen molar-refractivity contribution in [2.75, 3.05) is 0 Å². The average Bonchev–Trinajstić information content (AvgIpc) is 2.71. The van der Waals surface area contributed by atoms with Crippen LogP contribution in [-0.2, 0) is 0 Å². The normalized spacial score (nSPS) is 12.0. The van der Waals surface area contributed by atoms with Crippen LogP contribution in [0.2, 0.25) is 0 Å². The number of aromatic nitrogens is 2. The lowest BCUT2D eigenvalue weighted by atomic mass is 9.98. The molecule has 3 rings (SSSR count). The molecule has 2 aromatic carbocycles. The number of rotatable bonds is 7. The molecule has 0 saturated heterocycles. The summed E-state index contributed by atoms with van der Waals surface area (Å²) >= 11 is 0. The van der Waals surface area contributed by atoms with Gasteiger partial charge in [0.2, 0.25) is 0 Å². The molecule has 0 atom stereocenters. The van der Waals surface area contributed by atoms with Gasteiger partial charge in [-0.3, -0.25) is 9.59 Å². The van der Waals surface area contributed by atoms with Crippen molar-refractivity contribution in [2.24, 2.45) is 0 Å². The van der Waals surface area contributed by atoms with E-state index in [1.807, 2.05) is 0 Å². The Bertz CT molecular complexity index is 1210. The standard InChI is InChI=1S/C23H20F4N2O4/c1-22(2,32)11-10-20(30)18-13-19(14-6-8-17(9-7-14)33-23(25,26)27)28-29(21(18)31)16-5-3-4-15(24)12-16/h3-9,12-13,32H,10-11H2,1-2H3. The number of Topliss-reactive ketones (excluding diaryl/α,β-unsaturated/α-hetero) is 1. The number of aliphatic hydroxyl groups is 1. The van der Waals surface area contributed by atoms with Crippen LogP contribution in [0.25, 0.3) is 16.9 Å². The number of hydrogen-bond donors (Lipinski definition) is 1. The Morgan fingerprint density at radius 2 is 1.76 bits per heavy atom. The zero-order valence-electron chi connectivity index (χ0n) is 17.7. The molecule has 0 spiro atoms. The van der Waals surface area contributed by atoms with Crippen molar-refractivity contribution in [2.45, 2.75) is 38.7 Å². The van der Waals surface area contributed by atoms with Crippen LogP contribution in [-0.4, -0.2) is 32.6 Å². The number of halogens is 4. The summed E-state index contributed by atoms with van der Waals surface area (Å²) in [6.07, 6.45) is -4.90. The quantitative estimate of drug-likeness (QED) is 0.406. The first-order valence-corrected chi connectivity index (χ1v) is 9.84. The lowest BCUT2D eigenvalue weighted by Gasteiger charge is -2.16. The Morgan fingerprint density at radius 1 is 1.09 bits per heavy atom. The van der Waals surface area contributed by atoms with Gasteiger partial charge < -0.3 is 9.84 Å². The van der Waals surface area contributed by atoms with Crippen molar-refractivity contribution in [3.63, 3.8) is 0 Å². The largest absolute Gasteiger partial charge is 0.573 e. The van der Waals surface area contributed by atoms with Crippen molar-refractivity contribution in [3.8, 4) is 22.7 Å². The fraction of sp³-hybridized carbons (Fsp3) is 0.261. The van der Waals surface area contributed by atoms with Crippen molar-refractivity contribution >= 4 is 5.78 Å². The molecule has 1 N–H and O–H groups in total. The Labute approximate surface area is 186 Å². The highest BCUT2D eigenvalue weighted by Crippen LogP contribution is 2.26. The number of hydrogen-bond acceptors (Lipinski definition) is 5. The topological polar surface area (TPSA) is 81.4 Å². The van der Waals surface area contributed by atoms with E-state index in [2.05, 4.69) is 9.84 Å². The second-order valence-corrected chi connectivity index (χ2v) is 7.95. The molecule has 1 aromatic heterocycles. The molecule has 33 heavy (non-hydrogen) atoms. The van der Waals surface area contributed by atoms with Crippen LogP contribution in [0, 0.1) is 5.82 Å². The smallest absolute Gasteiger partial charge is 0.406 e. The molecular weight excluding hydrogens is 444 g/mol. The maximum Gasteiger partial charge on any atom is 0.573 e. The molecule has 0 aliphatic rings. The summed E-state index contributed by atoms with van der Waals surface area (Å²) in [6.45, 7) is 3.04. The maximum absolute atomic E-state index is 13.8. The summed E-state index contributed by atoms with van der Waals surface area (Å²) in [6, 6.07) is 11.0. The van der Waals surface area contributed by atoms with Gasteiger partial charge in [-0.05, 0) is 68.8 Å². The van der Waals surface area contributed by atoms with Gasteiger partial charge in [-0.25, -0.2) is 4.39 Å². The van der Waals surface area contributed by atoms with E-state index in [0.29, 0.717) is 5.56 Å². The van der Waals surface area contributed by atoms with Crippen molar-refractivity contribution < 1.29 is 32.2 Å². The van der Waals surface area contributed by atoms with Gasteiger partial charge in [0.1, 0.15) is 11.6 Å².